The van der Waals surface area contributed by atoms with Gasteiger partial charge in [0.15, 0.2) is 0 Å². The molecular weight excluding hydrogens is 339 g/mol. The number of benzene rings is 2. The monoisotopic (exact) mass is 360 g/mol. The molecule has 2 aromatic rings. The highest BCUT2D eigenvalue weighted by Gasteiger charge is 2.46. The number of sulfonamides is 1. The lowest BCUT2D eigenvalue weighted by atomic mass is 9.89. The lowest BCUT2D eigenvalue weighted by Crippen LogP contribution is -2.47. The molecule has 0 saturated carbocycles. The number of nitrogens with zero attached hydrogens (tertiary/aromatic N) is 2. The molecular formula is C19H21FN2O2S. The van der Waals surface area contributed by atoms with E-state index < -0.39 is 15.8 Å². The highest BCUT2D eigenvalue weighted by atomic mass is 32.2. The van der Waals surface area contributed by atoms with Crippen LogP contribution in [0.4, 0.5) is 10.1 Å². The van der Waals surface area contributed by atoms with Gasteiger partial charge in [-0.15, -0.1) is 0 Å². The molecule has 0 radical (unpaired) electrons. The molecule has 6 heteroatoms. The predicted octanol–water partition coefficient (Wildman–Crippen LogP) is 3.13. The van der Waals surface area contributed by atoms with Gasteiger partial charge in [-0.05, 0) is 62.8 Å². The normalized spacial score (nSPS) is 23.4. The molecule has 132 valence electrons. The maximum atomic E-state index is 13.3. The molecule has 0 unspecified atom stereocenters. The zero-order chi connectivity index (χ0) is 17.8. The molecule has 0 aromatic heterocycles. The number of likely N-dealkylation sites (tertiary alicyclic amines) is 1. The molecule has 4 nitrogen and oxygen atoms in total. The summed E-state index contributed by atoms with van der Waals surface area (Å²) in [4.78, 5) is 2.39. The number of rotatable bonds is 2. The van der Waals surface area contributed by atoms with Crippen molar-refractivity contribution in [2.75, 3.05) is 24.4 Å². The second-order valence-corrected chi connectivity index (χ2v) is 8.86. The van der Waals surface area contributed by atoms with E-state index >= 15 is 0 Å². The van der Waals surface area contributed by atoms with Crippen molar-refractivity contribution in [2.24, 2.45) is 0 Å². The molecule has 2 atom stereocenters. The standard InChI is InChI=1S/C19H21FN2O2S/c1-13-3-8-18-16(11-13)17-12-21(2)10-9-19(17)22(18)25(23,24)15-6-4-14(20)5-7-15/h3-8,11,17,19H,9-10,12H2,1-2H3/t17-,19+/m0/s1. The fourth-order valence-corrected chi connectivity index (χ4v) is 5.81. The smallest absolute Gasteiger partial charge is 0.264 e. The Morgan fingerprint density at radius 3 is 2.56 bits per heavy atom. The summed E-state index contributed by atoms with van der Waals surface area (Å²) in [6.45, 7) is 3.74. The number of likely N-dealkylation sites (N-methyl/N-ethyl adjacent to an activating group) is 1. The Hall–Kier alpha value is -1.92. The van der Waals surface area contributed by atoms with Crippen molar-refractivity contribution in [3.63, 3.8) is 0 Å². The lowest BCUT2D eigenvalue weighted by Gasteiger charge is -2.36. The van der Waals surface area contributed by atoms with Gasteiger partial charge in [-0.3, -0.25) is 4.31 Å². The van der Waals surface area contributed by atoms with E-state index in [0.29, 0.717) is 0 Å². The van der Waals surface area contributed by atoms with Crippen LogP contribution in [0.3, 0.4) is 0 Å². The first-order valence-corrected chi connectivity index (χ1v) is 9.91. The highest BCUT2D eigenvalue weighted by Crippen LogP contribution is 2.47. The number of piperidine rings is 1. The first-order valence-electron chi connectivity index (χ1n) is 8.47. The van der Waals surface area contributed by atoms with Gasteiger partial charge in [0, 0.05) is 12.5 Å². The molecule has 2 heterocycles. The molecule has 1 fully saturated rings. The van der Waals surface area contributed by atoms with Crippen LogP contribution in [0.15, 0.2) is 47.4 Å². The minimum atomic E-state index is -3.72. The number of hydrogen-bond donors (Lipinski definition) is 0. The molecule has 2 aliphatic rings. The van der Waals surface area contributed by atoms with Crippen molar-refractivity contribution in [2.45, 2.75) is 30.2 Å². The average Bonchev–Trinajstić information content (AvgIpc) is 2.89. The van der Waals surface area contributed by atoms with E-state index in [9.17, 15) is 12.8 Å². The van der Waals surface area contributed by atoms with Crippen molar-refractivity contribution >= 4 is 15.7 Å². The van der Waals surface area contributed by atoms with E-state index in [-0.39, 0.29) is 16.9 Å². The molecule has 0 bridgehead atoms. The van der Waals surface area contributed by atoms with Gasteiger partial charge >= 0.3 is 0 Å². The number of halogens is 1. The number of anilines is 1. The quantitative estimate of drug-likeness (QED) is 0.826. The molecule has 1 saturated heterocycles. The fraction of sp³-hybridized carbons (Fsp3) is 0.368. The van der Waals surface area contributed by atoms with Crippen molar-refractivity contribution in [3.8, 4) is 0 Å². The topological polar surface area (TPSA) is 40.6 Å². The molecule has 4 rings (SSSR count). The maximum absolute atomic E-state index is 13.3. The minimum absolute atomic E-state index is 0.0805. The lowest BCUT2D eigenvalue weighted by molar-refractivity contribution is 0.237. The maximum Gasteiger partial charge on any atom is 0.264 e. The van der Waals surface area contributed by atoms with Crippen LogP contribution < -0.4 is 4.31 Å². The van der Waals surface area contributed by atoms with E-state index in [1.165, 1.54) is 24.3 Å². The van der Waals surface area contributed by atoms with Crippen LogP contribution in [0.5, 0.6) is 0 Å². The summed E-state index contributed by atoms with van der Waals surface area (Å²) in [6, 6.07) is 11.0. The minimum Gasteiger partial charge on any atom is -0.306 e. The van der Waals surface area contributed by atoms with Gasteiger partial charge in [-0.25, -0.2) is 12.8 Å². The predicted molar refractivity (Wildman–Crippen MR) is 95.9 cm³/mol. The van der Waals surface area contributed by atoms with Crippen LogP contribution in [0.25, 0.3) is 0 Å². The summed E-state index contributed by atoms with van der Waals surface area (Å²) in [5, 5.41) is 0. The van der Waals surface area contributed by atoms with Crippen LogP contribution in [-0.4, -0.2) is 39.5 Å². The largest absolute Gasteiger partial charge is 0.306 e. The Morgan fingerprint density at radius 1 is 1.12 bits per heavy atom. The Kier molecular flexibility index (Phi) is 3.85. The van der Waals surface area contributed by atoms with Gasteiger partial charge < -0.3 is 4.90 Å². The molecule has 0 amide bonds. The third-order valence-corrected chi connectivity index (χ3v) is 7.12. The number of aryl methyl sites for hydroxylation is 1. The van der Waals surface area contributed by atoms with E-state index in [2.05, 4.69) is 18.0 Å². The van der Waals surface area contributed by atoms with Crippen molar-refractivity contribution in [3.05, 3.63) is 59.4 Å². The summed E-state index contributed by atoms with van der Waals surface area (Å²) in [5.41, 5.74) is 2.99. The number of fused-ring (bicyclic) bond motifs is 3. The Balaban J connectivity index is 1.85. The Bertz CT molecular complexity index is 912. The van der Waals surface area contributed by atoms with Crippen LogP contribution in [0.1, 0.15) is 23.5 Å². The highest BCUT2D eigenvalue weighted by molar-refractivity contribution is 7.92. The zero-order valence-corrected chi connectivity index (χ0v) is 15.1. The van der Waals surface area contributed by atoms with Gasteiger partial charge in [0.2, 0.25) is 0 Å². The van der Waals surface area contributed by atoms with Crippen LogP contribution in [0.2, 0.25) is 0 Å². The van der Waals surface area contributed by atoms with Gasteiger partial charge in [0.05, 0.1) is 16.6 Å². The molecule has 0 N–H and O–H groups in total. The van der Waals surface area contributed by atoms with E-state index in [1.807, 2.05) is 19.1 Å². The summed E-state index contributed by atoms with van der Waals surface area (Å²) in [7, 11) is -1.65. The summed E-state index contributed by atoms with van der Waals surface area (Å²) < 4.78 is 41.4. The molecule has 0 aliphatic carbocycles. The molecule has 0 spiro atoms. The molecule has 2 aromatic carbocycles. The SMILES string of the molecule is Cc1ccc2c(c1)[C@@H]1CN(C)CC[C@H]1N2S(=O)(=O)c1ccc(F)cc1. The summed E-state index contributed by atoms with van der Waals surface area (Å²) in [5.74, 6) is -0.266. The fourth-order valence-electron chi connectivity index (χ4n) is 4.07. The Morgan fingerprint density at radius 2 is 1.84 bits per heavy atom. The molecule has 2 aliphatic heterocycles. The van der Waals surface area contributed by atoms with Gasteiger partial charge in [0.1, 0.15) is 5.82 Å². The summed E-state index contributed by atoms with van der Waals surface area (Å²) in [6.07, 6.45) is 0.787. The average molecular weight is 360 g/mol. The first kappa shape index (κ1) is 16.5. The first-order chi connectivity index (χ1) is 11.9. The zero-order valence-electron chi connectivity index (χ0n) is 14.3. The van der Waals surface area contributed by atoms with E-state index in [0.717, 1.165) is 36.3 Å². The van der Waals surface area contributed by atoms with Crippen LogP contribution in [-0.2, 0) is 10.0 Å². The van der Waals surface area contributed by atoms with Gasteiger partial charge in [-0.2, -0.15) is 0 Å². The third-order valence-electron chi connectivity index (χ3n) is 5.27. The second-order valence-electron chi connectivity index (χ2n) is 7.04. The van der Waals surface area contributed by atoms with Crippen LogP contribution in [0, 0.1) is 12.7 Å². The summed E-state index contributed by atoms with van der Waals surface area (Å²) >= 11 is 0. The van der Waals surface area contributed by atoms with Crippen molar-refractivity contribution in [1.29, 1.82) is 0 Å². The van der Waals surface area contributed by atoms with Crippen molar-refractivity contribution in [1.82, 2.24) is 4.90 Å². The van der Waals surface area contributed by atoms with Gasteiger partial charge in [-0.1, -0.05) is 17.7 Å². The van der Waals surface area contributed by atoms with Crippen molar-refractivity contribution < 1.29 is 12.8 Å². The van der Waals surface area contributed by atoms with Gasteiger partial charge in [0.25, 0.3) is 10.0 Å². The van der Waals surface area contributed by atoms with Crippen LogP contribution >= 0.6 is 0 Å². The number of hydrogen-bond acceptors (Lipinski definition) is 3. The Labute approximate surface area is 147 Å². The third kappa shape index (κ3) is 2.64. The van der Waals surface area contributed by atoms with E-state index in [4.69, 9.17) is 0 Å². The second kappa shape index (κ2) is 5.81. The molecule has 25 heavy (non-hydrogen) atoms. The van der Waals surface area contributed by atoms with E-state index in [1.54, 1.807) is 4.31 Å².